The molecule has 5 rings (SSSR count). The highest BCUT2D eigenvalue weighted by molar-refractivity contribution is 14.1. The Balaban J connectivity index is 1.64. The molecule has 1 N–H and O–H groups in total. The van der Waals surface area contributed by atoms with E-state index in [9.17, 15) is 21.4 Å². The van der Waals surface area contributed by atoms with Gasteiger partial charge in [-0.2, -0.15) is 16.8 Å². The molecule has 0 heterocycles. The molecule has 214 valence electrons. The van der Waals surface area contributed by atoms with Gasteiger partial charge in [-0.05, 0) is 114 Å². The third kappa shape index (κ3) is 6.84. The van der Waals surface area contributed by atoms with Crippen LogP contribution in [0.25, 0.3) is 0 Å². The molecule has 2 aromatic carbocycles. The SMILES string of the molecule is O=S(=O)(O)c1ccc(OS(=O)(=O)c2c(C3CCCCC3)cc(C3CCCCC3)cc2C2CCCCC2)c(I)c1. The van der Waals surface area contributed by atoms with Gasteiger partial charge in [0.15, 0.2) is 5.75 Å². The summed E-state index contributed by atoms with van der Waals surface area (Å²) in [6.07, 6.45) is 16.8. The van der Waals surface area contributed by atoms with E-state index in [1.807, 2.05) is 22.6 Å². The van der Waals surface area contributed by atoms with Crippen LogP contribution in [-0.4, -0.2) is 21.4 Å². The van der Waals surface area contributed by atoms with E-state index in [0.29, 0.717) is 14.4 Å². The summed E-state index contributed by atoms with van der Waals surface area (Å²) in [7, 11) is -8.61. The van der Waals surface area contributed by atoms with Crippen molar-refractivity contribution in [3.8, 4) is 5.75 Å². The predicted octanol–water partition coefficient (Wildman–Crippen LogP) is 8.45. The molecule has 3 aliphatic carbocycles. The lowest BCUT2D eigenvalue weighted by molar-refractivity contribution is 0.414. The predicted molar refractivity (Wildman–Crippen MR) is 161 cm³/mol. The lowest BCUT2D eigenvalue weighted by Crippen LogP contribution is -2.21. The summed E-state index contributed by atoms with van der Waals surface area (Å²) in [6, 6.07) is 8.15. The standard InChI is InChI=1S/C30H39IO6S2/c31-28-20-25(38(32,33)34)16-17-29(28)37-39(35,36)30-26(22-12-6-2-7-13-22)18-24(21-10-4-1-5-11-21)19-27(30)23-14-8-3-9-15-23/h16-23H,1-15H2,(H,32,33,34). The lowest BCUT2D eigenvalue weighted by atomic mass is 9.76. The van der Waals surface area contributed by atoms with E-state index in [1.165, 1.54) is 55.9 Å². The normalized spacial score (nSPS) is 20.7. The smallest absolute Gasteiger partial charge is 0.339 e. The summed E-state index contributed by atoms with van der Waals surface area (Å²) < 4.78 is 67.3. The van der Waals surface area contributed by atoms with Crippen molar-refractivity contribution in [3.05, 3.63) is 50.6 Å². The van der Waals surface area contributed by atoms with E-state index in [-0.39, 0.29) is 22.5 Å². The molecule has 0 atom stereocenters. The molecule has 3 fully saturated rings. The second-order valence-electron chi connectivity index (χ2n) is 11.6. The van der Waals surface area contributed by atoms with Crippen LogP contribution in [0.3, 0.4) is 0 Å². The van der Waals surface area contributed by atoms with Gasteiger partial charge >= 0.3 is 10.1 Å². The Morgan fingerprint density at radius 3 is 1.56 bits per heavy atom. The first-order valence-corrected chi connectivity index (χ1v) is 18.5. The first-order chi connectivity index (χ1) is 18.6. The quantitative estimate of drug-likeness (QED) is 0.178. The van der Waals surface area contributed by atoms with Gasteiger partial charge in [0.05, 0.1) is 8.47 Å². The zero-order chi connectivity index (χ0) is 27.6. The Morgan fingerprint density at radius 2 is 1.13 bits per heavy atom. The topological polar surface area (TPSA) is 97.7 Å². The summed E-state index contributed by atoms with van der Waals surface area (Å²) in [4.78, 5) is 0.0646. The van der Waals surface area contributed by atoms with Gasteiger partial charge < -0.3 is 4.18 Å². The molecule has 39 heavy (non-hydrogen) atoms. The second-order valence-corrected chi connectivity index (χ2v) is 15.7. The largest absolute Gasteiger partial charge is 0.378 e. The molecule has 6 nitrogen and oxygen atoms in total. The molecule has 0 radical (unpaired) electrons. The van der Waals surface area contributed by atoms with Crippen LogP contribution in [0.2, 0.25) is 0 Å². The zero-order valence-corrected chi connectivity index (χ0v) is 26.2. The Bertz CT molecular complexity index is 1350. The van der Waals surface area contributed by atoms with Gasteiger partial charge in [-0.15, -0.1) is 0 Å². The Morgan fingerprint density at radius 1 is 0.667 bits per heavy atom. The Hall–Kier alpha value is -1.17. The van der Waals surface area contributed by atoms with E-state index < -0.39 is 20.2 Å². The van der Waals surface area contributed by atoms with Crippen LogP contribution in [0, 0.1) is 3.57 Å². The number of benzene rings is 2. The van der Waals surface area contributed by atoms with Crippen molar-refractivity contribution >= 4 is 42.8 Å². The minimum Gasteiger partial charge on any atom is -0.378 e. The fraction of sp³-hybridized carbons (Fsp3) is 0.600. The first kappa shape index (κ1) is 29.3. The third-order valence-electron chi connectivity index (χ3n) is 8.99. The zero-order valence-electron chi connectivity index (χ0n) is 22.4. The van der Waals surface area contributed by atoms with Crippen LogP contribution in [0.15, 0.2) is 40.1 Å². The molecule has 0 bridgehead atoms. The van der Waals surface area contributed by atoms with Crippen molar-refractivity contribution in [1.29, 1.82) is 0 Å². The van der Waals surface area contributed by atoms with Gasteiger partial charge in [0, 0.05) is 0 Å². The monoisotopic (exact) mass is 686 g/mol. The molecule has 2 aromatic rings. The summed E-state index contributed by atoms with van der Waals surface area (Å²) in [5.74, 6) is 0.941. The average molecular weight is 687 g/mol. The van der Waals surface area contributed by atoms with Crippen molar-refractivity contribution in [3.63, 3.8) is 0 Å². The molecule has 9 heteroatoms. The molecule has 3 saturated carbocycles. The second kappa shape index (κ2) is 12.4. The van der Waals surface area contributed by atoms with Crippen LogP contribution in [-0.2, 0) is 20.2 Å². The fourth-order valence-corrected chi connectivity index (χ4v) is 9.95. The first-order valence-electron chi connectivity index (χ1n) is 14.5. The van der Waals surface area contributed by atoms with E-state index in [4.69, 9.17) is 4.18 Å². The van der Waals surface area contributed by atoms with E-state index in [2.05, 4.69) is 12.1 Å². The van der Waals surface area contributed by atoms with Crippen LogP contribution in [0.4, 0.5) is 0 Å². The maximum atomic E-state index is 14.3. The molecule has 0 aromatic heterocycles. The van der Waals surface area contributed by atoms with Crippen molar-refractivity contribution in [2.24, 2.45) is 0 Å². The van der Waals surface area contributed by atoms with Gasteiger partial charge in [0.25, 0.3) is 10.1 Å². The highest BCUT2D eigenvalue weighted by Crippen LogP contribution is 2.46. The molecular formula is C30H39IO6S2. The van der Waals surface area contributed by atoms with Gasteiger partial charge in [-0.1, -0.05) is 69.9 Å². The minimum atomic E-state index is -4.41. The number of rotatable bonds is 7. The summed E-state index contributed by atoms with van der Waals surface area (Å²) >= 11 is 1.86. The number of halogens is 1. The molecule has 0 aliphatic heterocycles. The minimum absolute atomic E-state index is 0.0727. The number of hydrogen-bond acceptors (Lipinski definition) is 5. The maximum absolute atomic E-state index is 14.3. The van der Waals surface area contributed by atoms with E-state index in [0.717, 1.165) is 75.3 Å². The third-order valence-corrected chi connectivity index (χ3v) is 12.0. The van der Waals surface area contributed by atoms with E-state index in [1.54, 1.807) is 0 Å². The van der Waals surface area contributed by atoms with Gasteiger partial charge in [-0.25, -0.2) is 0 Å². The number of hydrogen-bond donors (Lipinski definition) is 1. The summed E-state index contributed by atoms with van der Waals surface area (Å²) in [6.45, 7) is 0. The Kier molecular flexibility index (Phi) is 9.30. The summed E-state index contributed by atoms with van der Waals surface area (Å²) in [5, 5.41) is 0. The Labute approximate surface area is 247 Å². The maximum Gasteiger partial charge on any atom is 0.339 e. The van der Waals surface area contributed by atoms with Crippen LogP contribution >= 0.6 is 22.6 Å². The molecule has 3 aliphatic rings. The van der Waals surface area contributed by atoms with Crippen molar-refractivity contribution < 1.29 is 25.6 Å². The summed E-state index contributed by atoms with van der Waals surface area (Å²) in [5.41, 5.74) is 3.17. The lowest BCUT2D eigenvalue weighted by Gasteiger charge is -2.32. The molecule has 0 spiro atoms. The van der Waals surface area contributed by atoms with Crippen LogP contribution < -0.4 is 4.18 Å². The highest BCUT2D eigenvalue weighted by atomic mass is 127. The molecule has 0 unspecified atom stereocenters. The van der Waals surface area contributed by atoms with E-state index >= 15 is 0 Å². The highest BCUT2D eigenvalue weighted by Gasteiger charge is 2.35. The van der Waals surface area contributed by atoms with Gasteiger partial charge in [0.1, 0.15) is 4.90 Å². The van der Waals surface area contributed by atoms with Gasteiger partial charge in [0.2, 0.25) is 0 Å². The van der Waals surface area contributed by atoms with Gasteiger partial charge in [-0.3, -0.25) is 4.55 Å². The molecular weight excluding hydrogens is 647 g/mol. The van der Waals surface area contributed by atoms with Crippen LogP contribution in [0.5, 0.6) is 5.75 Å². The van der Waals surface area contributed by atoms with Crippen molar-refractivity contribution in [2.45, 2.75) is 124 Å². The van der Waals surface area contributed by atoms with Crippen LogP contribution in [0.1, 0.15) is 131 Å². The molecule has 0 amide bonds. The fourth-order valence-electron chi connectivity index (χ4n) is 6.96. The average Bonchev–Trinajstić information content (AvgIpc) is 2.94. The van der Waals surface area contributed by atoms with Crippen molar-refractivity contribution in [1.82, 2.24) is 0 Å². The molecule has 0 saturated heterocycles. The van der Waals surface area contributed by atoms with Crippen molar-refractivity contribution in [2.75, 3.05) is 0 Å².